The Hall–Kier alpha value is -5.05. The van der Waals surface area contributed by atoms with Gasteiger partial charge in [-0.2, -0.15) is 0 Å². The third-order valence-corrected chi connectivity index (χ3v) is 5.99. The molecule has 0 saturated heterocycles. The lowest BCUT2D eigenvalue weighted by Gasteiger charge is -2.19. The number of benzene rings is 1. The zero-order valence-electron chi connectivity index (χ0n) is 22.8. The molecule has 3 aromatic rings. The van der Waals surface area contributed by atoms with Crippen LogP contribution in [0.15, 0.2) is 112 Å². The van der Waals surface area contributed by atoms with E-state index in [0.29, 0.717) is 17.2 Å². The molecule has 0 bridgehead atoms. The van der Waals surface area contributed by atoms with E-state index in [-0.39, 0.29) is 6.61 Å². The largest absolute Gasteiger partial charge is 0.444 e. The number of hydrogen-bond donors (Lipinski definition) is 1. The molecule has 1 N–H and O–H groups in total. The van der Waals surface area contributed by atoms with Gasteiger partial charge in [0.2, 0.25) is 0 Å². The van der Waals surface area contributed by atoms with Crippen molar-refractivity contribution in [3.63, 3.8) is 0 Å². The maximum atomic E-state index is 12.1. The number of pyridine rings is 1. The molecule has 0 aliphatic carbocycles. The fourth-order valence-electron chi connectivity index (χ4n) is 4.24. The Morgan fingerprint density at radius 2 is 1.85 bits per heavy atom. The van der Waals surface area contributed by atoms with Gasteiger partial charge >= 0.3 is 6.09 Å². The molecule has 5 rings (SSSR count). The first-order valence-corrected chi connectivity index (χ1v) is 12.9. The summed E-state index contributed by atoms with van der Waals surface area (Å²) in [5.41, 5.74) is 6.05. The highest BCUT2D eigenvalue weighted by molar-refractivity contribution is 6.18. The number of aromatic nitrogens is 2. The summed E-state index contributed by atoms with van der Waals surface area (Å²) < 4.78 is 7.36. The fraction of sp³-hybridized carbons (Fsp3) is 0.194. The van der Waals surface area contributed by atoms with Crippen LogP contribution in [0.3, 0.4) is 0 Å². The number of oxime groups is 1. The molecule has 202 valence electrons. The van der Waals surface area contributed by atoms with Crippen molar-refractivity contribution in [3.05, 3.63) is 119 Å². The van der Waals surface area contributed by atoms with Crippen LogP contribution in [0.1, 0.15) is 43.4 Å². The Kier molecular flexibility index (Phi) is 7.54. The molecule has 2 aromatic heterocycles. The predicted molar refractivity (Wildman–Crippen MR) is 157 cm³/mol. The van der Waals surface area contributed by atoms with Crippen LogP contribution < -0.4 is 5.32 Å². The highest BCUT2D eigenvalue weighted by atomic mass is 16.6. The lowest BCUT2D eigenvalue weighted by molar-refractivity contribution is 0.0635. The number of anilines is 1. The first kappa shape index (κ1) is 26.6. The molecule has 0 unspecified atom stereocenters. The molecule has 40 heavy (non-hydrogen) atoms. The van der Waals surface area contributed by atoms with Crippen molar-refractivity contribution in [3.8, 4) is 0 Å². The van der Waals surface area contributed by atoms with Crippen molar-refractivity contribution >= 4 is 29.5 Å². The van der Waals surface area contributed by atoms with Crippen LogP contribution in [-0.4, -0.2) is 38.9 Å². The van der Waals surface area contributed by atoms with E-state index in [0.717, 1.165) is 33.9 Å². The van der Waals surface area contributed by atoms with Gasteiger partial charge in [-0.1, -0.05) is 41.6 Å². The number of amides is 1. The van der Waals surface area contributed by atoms with Crippen LogP contribution in [0.4, 0.5) is 10.6 Å². The number of ether oxygens (including phenoxy) is 1. The molecule has 0 atom stereocenters. The van der Waals surface area contributed by atoms with Crippen LogP contribution in [0.25, 0.3) is 0 Å². The summed E-state index contributed by atoms with van der Waals surface area (Å²) in [4.78, 5) is 31.4. The molecule has 4 heterocycles. The zero-order valence-corrected chi connectivity index (χ0v) is 22.8. The average Bonchev–Trinajstić information content (AvgIpc) is 3.67. The number of carbonyl (C=O) groups excluding carboxylic acids is 1. The second-order valence-electron chi connectivity index (χ2n) is 10.1. The van der Waals surface area contributed by atoms with Crippen LogP contribution in [0.5, 0.6) is 0 Å². The molecule has 2 aliphatic heterocycles. The van der Waals surface area contributed by atoms with Crippen molar-refractivity contribution in [2.75, 3.05) is 5.32 Å². The molecule has 2 aliphatic rings. The van der Waals surface area contributed by atoms with Gasteiger partial charge < -0.3 is 14.1 Å². The molecular weight excluding hydrogens is 504 g/mol. The number of allylic oxidation sites excluding steroid dienone is 4. The quantitative estimate of drug-likeness (QED) is 0.299. The zero-order chi connectivity index (χ0) is 28.1. The van der Waals surface area contributed by atoms with Gasteiger partial charge in [0, 0.05) is 30.6 Å². The fourth-order valence-corrected chi connectivity index (χ4v) is 4.24. The summed E-state index contributed by atoms with van der Waals surface area (Å²) in [6.45, 7) is 5.52. The van der Waals surface area contributed by atoms with E-state index >= 15 is 0 Å². The van der Waals surface area contributed by atoms with Crippen molar-refractivity contribution in [1.29, 1.82) is 0 Å². The van der Waals surface area contributed by atoms with Gasteiger partial charge in [-0.25, -0.2) is 9.78 Å². The smallest absolute Gasteiger partial charge is 0.413 e. The van der Waals surface area contributed by atoms with E-state index in [1.807, 2.05) is 72.3 Å². The second kappa shape index (κ2) is 11.4. The Bertz CT molecular complexity index is 1590. The molecule has 9 nitrogen and oxygen atoms in total. The maximum Gasteiger partial charge on any atom is 0.413 e. The summed E-state index contributed by atoms with van der Waals surface area (Å²) >= 11 is 0. The van der Waals surface area contributed by atoms with Gasteiger partial charge in [-0.3, -0.25) is 15.3 Å². The number of nitrogens with zero attached hydrogens (tertiary/aromatic N) is 5. The highest BCUT2D eigenvalue weighted by Crippen LogP contribution is 2.25. The molecule has 9 heteroatoms. The van der Waals surface area contributed by atoms with E-state index in [1.54, 1.807) is 51.4 Å². The summed E-state index contributed by atoms with van der Waals surface area (Å²) in [6, 6.07) is 19.2. The van der Waals surface area contributed by atoms with Crippen molar-refractivity contribution in [2.24, 2.45) is 22.2 Å². The Morgan fingerprint density at radius 1 is 1.02 bits per heavy atom. The molecule has 1 aromatic carbocycles. The first-order chi connectivity index (χ1) is 19.3. The van der Waals surface area contributed by atoms with Crippen molar-refractivity contribution < 1.29 is 14.4 Å². The minimum atomic E-state index is -0.606. The summed E-state index contributed by atoms with van der Waals surface area (Å²) in [5.74, 6) is 0.368. The second-order valence-corrected chi connectivity index (χ2v) is 10.1. The van der Waals surface area contributed by atoms with Crippen LogP contribution in [0, 0.1) is 0 Å². The van der Waals surface area contributed by atoms with Crippen molar-refractivity contribution in [1.82, 2.24) is 9.55 Å². The summed E-state index contributed by atoms with van der Waals surface area (Å²) in [6.07, 6.45) is 8.86. The topological polar surface area (TPSA) is 102 Å². The van der Waals surface area contributed by atoms with E-state index < -0.39 is 11.7 Å². The molecule has 0 spiro atoms. The van der Waals surface area contributed by atoms with E-state index in [4.69, 9.17) is 9.57 Å². The Balaban J connectivity index is 1.38. The van der Waals surface area contributed by atoms with Crippen molar-refractivity contribution in [2.45, 2.75) is 33.0 Å². The first-order valence-electron chi connectivity index (χ1n) is 12.9. The maximum absolute atomic E-state index is 12.1. The SMILES string of the molecule is Cn1c(C2=NC=CC2=C2C=CC=N2)ccc1C(=NOCc1cccc(NC(=O)OC(C)(C)C)n1)c1ccccc1. The van der Waals surface area contributed by atoms with Crippen LogP contribution in [0.2, 0.25) is 0 Å². The highest BCUT2D eigenvalue weighted by Gasteiger charge is 2.22. The lowest BCUT2D eigenvalue weighted by atomic mass is 10.1. The van der Waals surface area contributed by atoms with E-state index in [9.17, 15) is 4.79 Å². The molecule has 0 fully saturated rings. The Labute approximate surface area is 233 Å². The minimum absolute atomic E-state index is 0.106. The predicted octanol–water partition coefficient (Wildman–Crippen LogP) is 5.95. The van der Waals surface area contributed by atoms with Gasteiger partial charge in [-0.05, 0) is 63.3 Å². The number of aliphatic imine (C=N–C) groups is 2. The van der Waals surface area contributed by atoms with Gasteiger partial charge in [0.15, 0.2) is 6.61 Å². The average molecular weight is 535 g/mol. The van der Waals surface area contributed by atoms with Gasteiger partial charge in [0.1, 0.15) is 17.1 Å². The van der Waals surface area contributed by atoms with Gasteiger partial charge in [0.05, 0.1) is 28.5 Å². The lowest BCUT2D eigenvalue weighted by Crippen LogP contribution is -2.27. The number of hydrogen-bond acceptors (Lipinski definition) is 7. The van der Waals surface area contributed by atoms with Gasteiger partial charge in [0.25, 0.3) is 0 Å². The molecule has 0 saturated carbocycles. The molecule has 1 amide bonds. The van der Waals surface area contributed by atoms with Crippen LogP contribution in [-0.2, 0) is 23.2 Å². The Morgan fingerprint density at radius 3 is 2.60 bits per heavy atom. The van der Waals surface area contributed by atoms with Gasteiger partial charge in [-0.15, -0.1) is 0 Å². The van der Waals surface area contributed by atoms with Crippen LogP contribution >= 0.6 is 0 Å². The summed E-state index contributed by atoms with van der Waals surface area (Å²) in [7, 11) is 1.98. The monoisotopic (exact) mass is 534 g/mol. The van der Waals surface area contributed by atoms with E-state index in [1.165, 1.54) is 0 Å². The number of rotatable bonds is 7. The number of carbonyl (C=O) groups is 1. The molecule has 0 radical (unpaired) electrons. The third-order valence-electron chi connectivity index (χ3n) is 5.99. The number of nitrogens with one attached hydrogen (secondary N) is 1. The minimum Gasteiger partial charge on any atom is -0.444 e. The normalized spacial score (nSPS) is 16.4. The van der Waals surface area contributed by atoms with E-state index in [2.05, 4.69) is 25.4 Å². The summed E-state index contributed by atoms with van der Waals surface area (Å²) in [5, 5.41) is 7.19. The standard InChI is InChI=1S/C31H30N6O3/c1-31(2,3)40-30(38)35-27-14-8-12-22(34-27)20-39-36-28(21-10-6-5-7-11-21)25-15-16-26(37(25)4)29-23(17-19-33-29)24-13-9-18-32-24/h5-19H,20H2,1-4H3,(H,34,35,38). The molecular formula is C31H30N6O3. The third kappa shape index (κ3) is 6.15.